The normalized spacial score (nSPS) is 12.8. The summed E-state index contributed by atoms with van der Waals surface area (Å²) in [6.45, 7) is 11.5. The average molecular weight is 162 g/mol. The van der Waals surface area contributed by atoms with Gasteiger partial charge in [-0.1, -0.05) is 48.6 Å². The molecule has 0 fully saturated rings. The van der Waals surface area contributed by atoms with Crippen LogP contribution < -0.4 is 0 Å². The minimum atomic E-state index is 1.09. The van der Waals surface area contributed by atoms with E-state index in [1.54, 1.807) is 0 Å². The maximum atomic E-state index is 3.69. The van der Waals surface area contributed by atoms with Crippen molar-refractivity contribution < 1.29 is 0 Å². The second kappa shape index (κ2) is 6.66. The van der Waals surface area contributed by atoms with Gasteiger partial charge in [-0.2, -0.15) is 0 Å². The fourth-order valence-electron chi connectivity index (χ4n) is 0.789. The molecule has 0 saturated carbocycles. The Morgan fingerprint density at radius 2 is 1.25 bits per heavy atom. The molecule has 0 amide bonds. The summed E-state index contributed by atoms with van der Waals surface area (Å²) in [7, 11) is 0. The van der Waals surface area contributed by atoms with Gasteiger partial charge < -0.3 is 0 Å². The van der Waals surface area contributed by atoms with Crippen molar-refractivity contribution in [3.63, 3.8) is 0 Å². The van der Waals surface area contributed by atoms with Crippen LogP contribution in [0.4, 0.5) is 0 Å². The zero-order valence-electron chi connectivity index (χ0n) is 8.14. The van der Waals surface area contributed by atoms with Gasteiger partial charge in [0.1, 0.15) is 0 Å². The molecule has 0 N–H and O–H groups in total. The molecule has 0 aliphatic rings. The Morgan fingerprint density at radius 1 is 0.917 bits per heavy atom. The van der Waals surface area contributed by atoms with E-state index in [-0.39, 0.29) is 0 Å². The fraction of sp³-hybridized carbons (Fsp3) is 0.333. The second-order valence-corrected chi connectivity index (χ2v) is 2.88. The van der Waals surface area contributed by atoms with Crippen molar-refractivity contribution in [1.82, 2.24) is 0 Å². The van der Waals surface area contributed by atoms with Crippen molar-refractivity contribution in [3.8, 4) is 0 Å². The second-order valence-electron chi connectivity index (χ2n) is 2.88. The smallest absolute Gasteiger partial charge is 0.0310 e. The number of hydrogen-bond acceptors (Lipinski definition) is 0. The van der Waals surface area contributed by atoms with Gasteiger partial charge in [0.05, 0.1) is 0 Å². The van der Waals surface area contributed by atoms with Gasteiger partial charge in [-0.25, -0.2) is 0 Å². The Labute approximate surface area is 76.0 Å². The molecule has 0 aromatic rings. The molecule has 0 bridgehead atoms. The molecule has 0 atom stereocenters. The molecule has 0 heteroatoms. The highest BCUT2D eigenvalue weighted by atomic mass is 13.9. The molecule has 0 saturated heterocycles. The molecule has 0 radical (unpaired) electrons. The molecule has 66 valence electrons. The van der Waals surface area contributed by atoms with Crippen molar-refractivity contribution in [1.29, 1.82) is 0 Å². The topological polar surface area (TPSA) is 0 Å². The molecule has 0 aromatic heterocycles. The summed E-state index contributed by atoms with van der Waals surface area (Å²) < 4.78 is 0. The summed E-state index contributed by atoms with van der Waals surface area (Å²) in [5.74, 6) is 0. The summed E-state index contributed by atoms with van der Waals surface area (Å²) in [4.78, 5) is 0. The van der Waals surface area contributed by atoms with E-state index in [0.717, 1.165) is 12.8 Å². The Morgan fingerprint density at radius 3 is 1.50 bits per heavy atom. The van der Waals surface area contributed by atoms with Crippen molar-refractivity contribution in [2.75, 3.05) is 0 Å². The first kappa shape index (κ1) is 11.0. The van der Waals surface area contributed by atoms with E-state index in [1.807, 2.05) is 12.2 Å². The summed E-state index contributed by atoms with van der Waals surface area (Å²) in [6, 6.07) is 0. The van der Waals surface area contributed by atoms with Crippen LogP contribution in [0.3, 0.4) is 0 Å². The maximum absolute atomic E-state index is 3.69. The summed E-state index contributed by atoms with van der Waals surface area (Å²) >= 11 is 0. The molecule has 0 aliphatic carbocycles. The van der Waals surface area contributed by atoms with E-state index in [2.05, 4.69) is 39.2 Å². The minimum absolute atomic E-state index is 1.09. The Bertz CT molecular complexity index is 180. The lowest BCUT2D eigenvalue weighted by atomic mass is 10.1. The third-order valence-corrected chi connectivity index (χ3v) is 1.74. The van der Waals surface area contributed by atoms with Gasteiger partial charge in [0.25, 0.3) is 0 Å². The van der Waals surface area contributed by atoms with Gasteiger partial charge in [-0.05, 0) is 26.7 Å². The summed E-state index contributed by atoms with van der Waals surface area (Å²) in [6.07, 6.45) is 10.3. The highest BCUT2D eigenvalue weighted by Gasteiger charge is 1.82. The van der Waals surface area contributed by atoms with Gasteiger partial charge >= 0.3 is 0 Å². The van der Waals surface area contributed by atoms with Crippen LogP contribution in [-0.2, 0) is 0 Å². The van der Waals surface area contributed by atoms with Crippen molar-refractivity contribution in [2.24, 2.45) is 0 Å². The third kappa shape index (κ3) is 5.72. The molecule has 0 heterocycles. The lowest BCUT2D eigenvalue weighted by Crippen LogP contribution is -1.71. The largest absolute Gasteiger partial charge is 0.0988 e. The van der Waals surface area contributed by atoms with Crippen LogP contribution in [0.15, 0.2) is 48.6 Å². The first-order valence-electron chi connectivity index (χ1n) is 4.29. The maximum Gasteiger partial charge on any atom is -0.0310 e. The van der Waals surface area contributed by atoms with E-state index < -0.39 is 0 Å². The van der Waals surface area contributed by atoms with E-state index in [4.69, 9.17) is 0 Å². The van der Waals surface area contributed by atoms with Gasteiger partial charge in [-0.3, -0.25) is 0 Å². The molecular weight excluding hydrogens is 144 g/mol. The van der Waals surface area contributed by atoms with Gasteiger partial charge in [0, 0.05) is 0 Å². The predicted octanol–water partition coefficient (Wildman–Crippen LogP) is 4.03. The molecule has 0 aliphatic heterocycles. The number of allylic oxidation sites excluding steroid dienone is 6. The number of hydrogen-bond donors (Lipinski definition) is 0. The number of unbranched alkanes of at least 4 members (excludes halogenated alkanes) is 1. The minimum Gasteiger partial charge on any atom is -0.0988 e. The van der Waals surface area contributed by atoms with Crippen LogP contribution in [0.5, 0.6) is 0 Å². The molecule has 0 nitrogen and oxygen atoms in total. The first-order valence-corrected chi connectivity index (χ1v) is 4.29. The monoisotopic (exact) mass is 162 g/mol. The van der Waals surface area contributed by atoms with Crippen LogP contribution in [0.2, 0.25) is 0 Å². The van der Waals surface area contributed by atoms with E-state index in [1.165, 1.54) is 11.1 Å². The van der Waals surface area contributed by atoms with E-state index in [0.29, 0.717) is 0 Å². The summed E-state index contributed by atoms with van der Waals surface area (Å²) in [5.41, 5.74) is 2.50. The Balaban J connectivity index is 3.71. The van der Waals surface area contributed by atoms with E-state index in [9.17, 15) is 0 Å². The highest BCUT2D eigenvalue weighted by Crippen LogP contribution is 2.02. The van der Waals surface area contributed by atoms with Gasteiger partial charge in [0.15, 0.2) is 0 Å². The highest BCUT2D eigenvalue weighted by molar-refractivity contribution is 5.15. The summed E-state index contributed by atoms with van der Waals surface area (Å²) in [5, 5.41) is 0. The van der Waals surface area contributed by atoms with E-state index >= 15 is 0 Å². The van der Waals surface area contributed by atoms with Gasteiger partial charge in [-0.15, -0.1) is 0 Å². The molecular formula is C12H18. The zero-order chi connectivity index (χ0) is 9.40. The lowest BCUT2D eigenvalue weighted by molar-refractivity contribution is 1.03. The Kier molecular flexibility index (Phi) is 6.08. The van der Waals surface area contributed by atoms with Gasteiger partial charge in [0.2, 0.25) is 0 Å². The number of rotatable bonds is 5. The fourth-order valence-corrected chi connectivity index (χ4v) is 0.789. The quantitative estimate of drug-likeness (QED) is 0.423. The molecule has 12 heavy (non-hydrogen) atoms. The predicted molar refractivity (Wildman–Crippen MR) is 57.1 cm³/mol. The van der Waals surface area contributed by atoms with Crippen LogP contribution in [-0.4, -0.2) is 0 Å². The first-order chi connectivity index (χ1) is 5.70. The van der Waals surface area contributed by atoms with Crippen molar-refractivity contribution in [2.45, 2.75) is 26.7 Å². The molecule has 0 rings (SSSR count). The average Bonchev–Trinajstić information content (AvgIpc) is 2.11. The lowest BCUT2D eigenvalue weighted by Gasteiger charge is -1.92. The van der Waals surface area contributed by atoms with Crippen LogP contribution in [0, 0.1) is 0 Å². The molecule has 0 spiro atoms. The van der Waals surface area contributed by atoms with Crippen LogP contribution in [0.1, 0.15) is 26.7 Å². The van der Waals surface area contributed by atoms with Crippen molar-refractivity contribution in [3.05, 3.63) is 48.6 Å². The molecule has 0 unspecified atom stereocenters. The van der Waals surface area contributed by atoms with Crippen LogP contribution >= 0.6 is 0 Å². The third-order valence-electron chi connectivity index (χ3n) is 1.74. The SMILES string of the molecule is C=C/C(C)=C/CC/C=C(\C)C=C. The molecule has 0 aromatic carbocycles. The van der Waals surface area contributed by atoms with Crippen LogP contribution in [0.25, 0.3) is 0 Å². The zero-order valence-corrected chi connectivity index (χ0v) is 8.14. The Hall–Kier alpha value is -1.04. The standard InChI is InChI=1S/C12H18/c1-5-11(3)9-7-8-10-12(4)6-2/h5-6,9-10H,1-2,7-8H2,3-4H3/b11-9+,12-10+. The van der Waals surface area contributed by atoms with Crippen molar-refractivity contribution >= 4 is 0 Å².